The van der Waals surface area contributed by atoms with Gasteiger partial charge in [0.25, 0.3) is 0 Å². The van der Waals surface area contributed by atoms with E-state index in [4.69, 9.17) is 14.9 Å². The minimum absolute atomic E-state index is 0.287. The second-order valence-electron chi connectivity index (χ2n) is 3.10. The predicted octanol–water partition coefficient (Wildman–Crippen LogP) is -0.846. The molecule has 1 rings (SSSR count). The number of aliphatic hydroxyl groups excluding tert-OH is 1. The lowest BCUT2D eigenvalue weighted by Crippen LogP contribution is -2.38. The molecule has 0 aromatic rings. The number of carboxylic acid groups (broad SMARTS) is 1. The molecule has 0 spiro atoms. The van der Waals surface area contributed by atoms with Crippen molar-refractivity contribution in [3.8, 4) is 0 Å². The quantitative estimate of drug-likeness (QED) is 0.603. The molecule has 0 aromatic carbocycles. The Kier molecular flexibility index (Phi) is 4.14. The first-order chi connectivity index (χ1) is 6.20. The number of hydrogen-bond acceptors (Lipinski definition) is 4. The van der Waals surface area contributed by atoms with Gasteiger partial charge in [0.2, 0.25) is 0 Å². The number of ether oxygens (including phenoxy) is 1. The second kappa shape index (κ2) is 5.16. The Morgan fingerprint density at radius 3 is 2.62 bits per heavy atom. The van der Waals surface area contributed by atoms with Crippen LogP contribution < -0.4 is 0 Å². The third-order valence-corrected chi connectivity index (χ3v) is 2.11. The molecule has 1 atom stereocenters. The van der Waals surface area contributed by atoms with Crippen LogP contribution in [-0.2, 0) is 9.53 Å². The molecule has 0 bridgehead atoms. The van der Waals surface area contributed by atoms with E-state index in [1.807, 2.05) is 0 Å². The smallest absolute Gasteiger partial charge is 0.332 e. The summed E-state index contributed by atoms with van der Waals surface area (Å²) in [5.74, 6) is -1.15. The predicted molar refractivity (Wildman–Crippen MR) is 45.5 cm³/mol. The van der Waals surface area contributed by atoms with Gasteiger partial charge in [0.15, 0.2) is 6.10 Å². The molecule has 0 aromatic heterocycles. The van der Waals surface area contributed by atoms with Gasteiger partial charge in [-0.3, -0.25) is 4.90 Å². The number of morpholine rings is 1. The molecule has 76 valence electrons. The maximum Gasteiger partial charge on any atom is 0.332 e. The summed E-state index contributed by atoms with van der Waals surface area (Å²) in [6, 6.07) is 0. The van der Waals surface area contributed by atoms with Crippen molar-refractivity contribution in [3.05, 3.63) is 0 Å². The molecule has 1 heterocycles. The van der Waals surface area contributed by atoms with Gasteiger partial charge in [-0.15, -0.1) is 0 Å². The Balaban J connectivity index is 2.13. The first-order valence-electron chi connectivity index (χ1n) is 4.41. The summed E-state index contributed by atoms with van der Waals surface area (Å²) in [5, 5.41) is 17.4. The van der Waals surface area contributed by atoms with Gasteiger partial charge < -0.3 is 14.9 Å². The van der Waals surface area contributed by atoms with Crippen LogP contribution in [0.3, 0.4) is 0 Å². The standard InChI is InChI=1S/C8H15NO4/c10-7(8(11)12)1-2-9-3-5-13-6-4-9/h7,10H,1-6H2,(H,11,12). The van der Waals surface area contributed by atoms with E-state index in [1.165, 1.54) is 0 Å². The average Bonchev–Trinajstić information content (AvgIpc) is 2.15. The maximum atomic E-state index is 10.3. The number of rotatable bonds is 4. The number of carbonyl (C=O) groups is 1. The van der Waals surface area contributed by atoms with Gasteiger partial charge in [-0.1, -0.05) is 0 Å². The minimum Gasteiger partial charge on any atom is -0.479 e. The fourth-order valence-electron chi connectivity index (χ4n) is 1.25. The van der Waals surface area contributed by atoms with Crippen LogP contribution >= 0.6 is 0 Å². The highest BCUT2D eigenvalue weighted by Gasteiger charge is 2.16. The van der Waals surface area contributed by atoms with Gasteiger partial charge in [-0.05, 0) is 6.42 Å². The Morgan fingerprint density at radius 2 is 2.08 bits per heavy atom. The van der Waals surface area contributed by atoms with E-state index in [0.717, 1.165) is 13.1 Å². The summed E-state index contributed by atoms with van der Waals surface area (Å²) in [6.45, 7) is 3.67. The average molecular weight is 189 g/mol. The number of hydrogen-bond donors (Lipinski definition) is 2. The molecule has 1 aliphatic rings. The first kappa shape index (κ1) is 10.4. The Labute approximate surface area is 76.9 Å². The number of aliphatic hydroxyl groups is 1. The van der Waals surface area contributed by atoms with E-state index in [-0.39, 0.29) is 6.42 Å². The maximum absolute atomic E-state index is 10.3. The number of carboxylic acids is 1. The van der Waals surface area contributed by atoms with Crippen LogP contribution in [0.4, 0.5) is 0 Å². The van der Waals surface area contributed by atoms with Crippen molar-refractivity contribution in [2.24, 2.45) is 0 Å². The Hall–Kier alpha value is -0.650. The van der Waals surface area contributed by atoms with Crippen molar-refractivity contribution in [2.45, 2.75) is 12.5 Å². The molecule has 0 aliphatic carbocycles. The molecule has 1 fully saturated rings. The summed E-state index contributed by atoms with van der Waals surface area (Å²) in [5.41, 5.74) is 0. The summed E-state index contributed by atoms with van der Waals surface area (Å²) in [4.78, 5) is 12.4. The van der Waals surface area contributed by atoms with Gasteiger partial charge in [0.1, 0.15) is 0 Å². The Morgan fingerprint density at radius 1 is 1.46 bits per heavy atom. The van der Waals surface area contributed by atoms with Gasteiger partial charge in [-0.2, -0.15) is 0 Å². The minimum atomic E-state index is -1.23. The van der Waals surface area contributed by atoms with Crippen molar-refractivity contribution >= 4 is 5.97 Å². The molecule has 2 N–H and O–H groups in total. The van der Waals surface area contributed by atoms with E-state index < -0.39 is 12.1 Å². The molecule has 0 amide bonds. The fourth-order valence-corrected chi connectivity index (χ4v) is 1.25. The molecule has 1 unspecified atom stereocenters. The van der Waals surface area contributed by atoms with Crippen LogP contribution in [0.5, 0.6) is 0 Å². The van der Waals surface area contributed by atoms with E-state index in [9.17, 15) is 4.79 Å². The first-order valence-corrected chi connectivity index (χ1v) is 4.41. The van der Waals surface area contributed by atoms with Crippen molar-refractivity contribution in [2.75, 3.05) is 32.8 Å². The molecule has 1 saturated heterocycles. The molecular formula is C8H15NO4. The van der Waals surface area contributed by atoms with Gasteiger partial charge in [0, 0.05) is 19.6 Å². The van der Waals surface area contributed by atoms with Crippen LogP contribution in [0.25, 0.3) is 0 Å². The lowest BCUT2D eigenvalue weighted by molar-refractivity contribution is -0.147. The lowest BCUT2D eigenvalue weighted by Gasteiger charge is -2.26. The topological polar surface area (TPSA) is 70.0 Å². The SMILES string of the molecule is O=C(O)C(O)CCN1CCOCC1. The van der Waals surface area contributed by atoms with Crippen molar-refractivity contribution < 1.29 is 19.7 Å². The molecule has 5 nitrogen and oxygen atoms in total. The van der Waals surface area contributed by atoms with Gasteiger partial charge in [-0.25, -0.2) is 4.79 Å². The highest BCUT2D eigenvalue weighted by Crippen LogP contribution is 2.00. The summed E-state index contributed by atoms with van der Waals surface area (Å²) in [7, 11) is 0. The lowest BCUT2D eigenvalue weighted by atomic mass is 10.2. The van der Waals surface area contributed by atoms with E-state index >= 15 is 0 Å². The van der Waals surface area contributed by atoms with Crippen molar-refractivity contribution in [1.29, 1.82) is 0 Å². The molecule has 0 radical (unpaired) electrons. The van der Waals surface area contributed by atoms with Gasteiger partial charge in [0.05, 0.1) is 13.2 Å². The monoisotopic (exact) mass is 189 g/mol. The highest BCUT2D eigenvalue weighted by molar-refractivity contribution is 5.71. The van der Waals surface area contributed by atoms with Gasteiger partial charge >= 0.3 is 5.97 Å². The van der Waals surface area contributed by atoms with E-state index in [0.29, 0.717) is 19.8 Å². The third kappa shape index (κ3) is 3.71. The van der Waals surface area contributed by atoms with Crippen LogP contribution in [0, 0.1) is 0 Å². The van der Waals surface area contributed by atoms with E-state index in [2.05, 4.69) is 4.90 Å². The normalized spacial score (nSPS) is 21.3. The zero-order valence-corrected chi connectivity index (χ0v) is 7.48. The van der Waals surface area contributed by atoms with Crippen LogP contribution in [0.1, 0.15) is 6.42 Å². The fraction of sp³-hybridized carbons (Fsp3) is 0.875. The summed E-state index contributed by atoms with van der Waals surface area (Å²) in [6.07, 6.45) is -0.946. The Bertz CT molecular complexity index is 168. The van der Waals surface area contributed by atoms with Crippen molar-refractivity contribution in [1.82, 2.24) is 4.90 Å². The molecule has 1 aliphatic heterocycles. The zero-order valence-electron chi connectivity index (χ0n) is 7.48. The van der Waals surface area contributed by atoms with E-state index in [1.54, 1.807) is 0 Å². The second-order valence-corrected chi connectivity index (χ2v) is 3.10. The molecule has 5 heteroatoms. The summed E-state index contributed by atoms with van der Waals surface area (Å²) < 4.78 is 5.13. The number of aliphatic carboxylic acids is 1. The van der Waals surface area contributed by atoms with Crippen LogP contribution in [-0.4, -0.2) is 60.0 Å². The van der Waals surface area contributed by atoms with Crippen molar-refractivity contribution in [3.63, 3.8) is 0 Å². The number of nitrogens with zero attached hydrogens (tertiary/aromatic N) is 1. The summed E-state index contributed by atoms with van der Waals surface area (Å²) >= 11 is 0. The highest BCUT2D eigenvalue weighted by atomic mass is 16.5. The van der Waals surface area contributed by atoms with Crippen LogP contribution in [0.15, 0.2) is 0 Å². The molecular weight excluding hydrogens is 174 g/mol. The largest absolute Gasteiger partial charge is 0.479 e. The third-order valence-electron chi connectivity index (χ3n) is 2.11. The van der Waals surface area contributed by atoms with Crippen LogP contribution in [0.2, 0.25) is 0 Å². The molecule has 0 saturated carbocycles. The zero-order chi connectivity index (χ0) is 9.68. The molecule has 13 heavy (non-hydrogen) atoms.